The number of hydrogen-bond donors (Lipinski definition) is 1. The number of carbonyl (C=O) groups is 2. The molecule has 1 atom stereocenters. The van der Waals surface area contributed by atoms with Gasteiger partial charge < -0.3 is 14.8 Å². The molecule has 1 unspecified atom stereocenters. The van der Waals surface area contributed by atoms with Gasteiger partial charge in [0.25, 0.3) is 5.91 Å². The van der Waals surface area contributed by atoms with Gasteiger partial charge in [-0.2, -0.15) is 0 Å². The molecule has 0 aliphatic carbocycles. The highest BCUT2D eigenvalue weighted by molar-refractivity contribution is 6.32. The largest absolute Gasteiger partial charge is 0.489 e. The van der Waals surface area contributed by atoms with Gasteiger partial charge in [-0.05, 0) is 55.0 Å². The number of aromatic nitrogens is 1. The Morgan fingerprint density at radius 2 is 1.90 bits per heavy atom. The Bertz CT molecular complexity index is 1040. The van der Waals surface area contributed by atoms with Crippen LogP contribution in [0.3, 0.4) is 0 Å². The van der Waals surface area contributed by atoms with Gasteiger partial charge in [-0.25, -0.2) is 14.2 Å². The van der Waals surface area contributed by atoms with Gasteiger partial charge in [-0.3, -0.25) is 4.79 Å². The predicted octanol–water partition coefficient (Wildman–Crippen LogP) is 4.64. The van der Waals surface area contributed by atoms with E-state index in [1.165, 1.54) is 31.3 Å². The molecule has 0 fully saturated rings. The summed E-state index contributed by atoms with van der Waals surface area (Å²) in [5.74, 6) is -1.11. The molecule has 0 saturated heterocycles. The summed E-state index contributed by atoms with van der Waals surface area (Å²) in [7, 11) is 0. The average Bonchev–Trinajstić information content (AvgIpc) is 2.75. The average molecular weight is 429 g/mol. The van der Waals surface area contributed by atoms with Gasteiger partial charge >= 0.3 is 5.97 Å². The van der Waals surface area contributed by atoms with Crippen molar-refractivity contribution in [3.8, 4) is 5.75 Å². The number of anilines is 1. The maximum Gasteiger partial charge on any atom is 0.339 e. The first-order valence-electron chi connectivity index (χ1n) is 9.02. The van der Waals surface area contributed by atoms with Crippen molar-refractivity contribution >= 4 is 29.2 Å². The number of pyridine rings is 1. The van der Waals surface area contributed by atoms with Crippen molar-refractivity contribution < 1.29 is 23.5 Å². The number of halogens is 2. The summed E-state index contributed by atoms with van der Waals surface area (Å²) in [6.45, 7) is 1.66. The van der Waals surface area contributed by atoms with Crippen LogP contribution < -0.4 is 10.1 Å². The predicted molar refractivity (Wildman–Crippen MR) is 110 cm³/mol. The number of benzene rings is 2. The molecule has 1 N–H and O–H groups in total. The minimum absolute atomic E-state index is 0.135. The molecule has 3 aromatic rings. The van der Waals surface area contributed by atoms with Gasteiger partial charge in [-0.15, -0.1) is 0 Å². The first kappa shape index (κ1) is 21.3. The third-order valence-corrected chi connectivity index (χ3v) is 4.36. The lowest BCUT2D eigenvalue weighted by Gasteiger charge is -2.14. The second kappa shape index (κ2) is 9.84. The molecule has 2 aromatic carbocycles. The van der Waals surface area contributed by atoms with E-state index in [0.717, 1.165) is 5.56 Å². The molecule has 0 radical (unpaired) electrons. The fraction of sp³-hybridized carbons (Fsp3) is 0.136. The summed E-state index contributed by atoms with van der Waals surface area (Å²) in [4.78, 5) is 28.5. The van der Waals surface area contributed by atoms with Gasteiger partial charge in [-0.1, -0.05) is 29.8 Å². The van der Waals surface area contributed by atoms with E-state index in [2.05, 4.69) is 10.3 Å². The van der Waals surface area contributed by atoms with E-state index >= 15 is 0 Å². The third kappa shape index (κ3) is 5.78. The molecule has 1 aromatic heterocycles. The van der Waals surface area contributed by atoms with E-state index in [1.54, 1.807) is 42.5 Å². The van der Waals surface area contributed by atoms with Crippen molar-refractivity contribution in [2.24, 2.45) is 0 Å². The van der Waals surface area contributed by atoms with Gasteiger partial charge in [0.1, 0.15) is 18.2 Å². The number of carbonyl (C=O) groups excluding carboxylic acids is 2. The van der Waals surface area contributed by atoms with E-state index in [-0.39, 0.29) is 23.1 Å². The lowest BCUT2D eigenvalue weighted by Crippen LogP contribution is -2.30. The van der Waals surface area contributed by atoms with E-state index in [4.69, 9.17) is 21.1 Å². The molecule has 3 rings (SSSR count). The van der Waals surface area contributed by atoms with Crippen LogP contribution in [-0.2, 0) is 16.1 Å². The highest BCUT2D eigenvalue weighted by Gasteiger charge is 2.20. The Hall–Kier alpha value is -3.45. The molecule has 6 nitrogen and oxygen atoms in total. The molecular formula is C22H18ClFN2O4. The Morgan fingerprint density at radius 1 is 1.13 bits per heavy atom. The monoisotopic (exact) mass is 428 g/mol. The molecule has 0 aliphatic heterocycles. The van der Waals surface area contributed by atoms with Crippen LogP contribution in [0.2, 0.25) is 5.15 Å². The Morgan fingerprint density at radius 3 is 2.63 bits per heavy atom. The summed E-state index contributed by atoms with van der Waals surface area (Å²) in [5.41, 5.74) is 1.33. The Kier molecular flexibility index (Phi) is 6.98. The van der Waals surface area contributed by atoms with E-state index in [0.29, 0.717) is 11.4 Å². The van der Waals surface area contributed by atoms with Gasteiger partial charge in [0.05, 0.1) is 11.3 Å². The molecule has 8 heteroatoms. The van der Waals surface area contributed by atoms with Gasteiger partial charge in [0.2, 0.25) is 0 Å². The Balaban J connectivity index is 1.58. The molecule has 0 spiro atoms. The van der Waals surface area contributed by atoms with E-state index < -0.39 is 18.0 Å². The highest BCUT2D eigenvalue weighted by Crippen LogP contribution is 2.19. The van der Waals surface area contributed by atoms with Crippen LogP contribution in [0.4, 0.5) is 10.1 Å². The van der Waals surface area contributed by atoms with Crippen molar-refractivity contribution in [1.29, 1.82) is 0 Å². The van der Waals surface area contributed by atoms with E-state index in [1.807, 2.05) is 0 Å². The normalized spacial score (nSPS) is 11.4. The molecule has 154 valence electrons. The van der Waals surface area contributed by atoms with Crippen LogP contribution in [-0.4, -0.2) is 23.0 Å². The van der Waals surface area contributed by atoms with E-state index in [9.17, 15) is 14.0 Å². The number of hydrogen-bond acceptors (Lipinski definition) is 5. The summed E-state index contributed by atoms with van der Waals surface area (Å²) in [6, 6.07) is 15.5. The van der Waals surface area contributed by atoms with Crippen LogP contribution in [0.25, 0.3) is 0 Å². The number of amides is 1. The second-order valence-electron chi connectivity index (χ2n) is 6.32. The molecule has 0 saturated carbocycles. The highest BCUT2D eigenvalue weighted by atomic mass is 35.5. The molecule has 1 heterocycles. The fourth-order valence-corrected chi connectivity index (χ4v) is 2.62. The lowest BCUT2D eigenvalue weighted by atomic mass is 10.2. The topological polar surface area (TPSA) is 77.5 Å². The molecular weight excluding hydrogens is 411 g/mol. The van der Waals surface area contributed by atoms with Crippen LogP contribution in [0.1, 0.15) is 22.8 Å². The fourth-order valence-electron chi connectivity index (χ4n) is 2.46. The zero-order valence-corrected chi connectivity index (χ0v) is 16.7. The quantitative estimate of drug-likeness (QED) is 0.438. The van der Waals surface area contributed by atoms with Crippen LogP contribution in [0, 0.1) is 5.82 Å². The first-order valence-corrected chi connectivity index (χ1v) is 9.40. The molecule has 0 aliphatic rings. The number of nitrogens with zero attached hydrogens (tertiary/aromatic N) is 1. The van der Waals surface area contributed by atoms with Crippen LogP contribution in [0.15, 0.2) is 66.9 Å². The number of esters is 1. The summed E-state index contributed by atoms with van der Waals surface area (Å²) in [5, 5.41) is 2.69. The number of rotatable bonds is 7. The maximum atomic E-state index is 13.0. The van der Waals surface area contributed by atoms with Crippen molar-refractivity contribution in [3.63, 3.8) is 0 Å². The third-order valence-electron chi connectivity index (χ3n) is 4.06. The minimum Gasteiger partial charge on any atom is -0.489 e. The van der Waals surface area contributed by atoms with Crippen LogP contribution in [0.5, 0.6) is 5.75 Å². The van der Waals surface area contributed by atoms with Crippen LogP contribution >= 0.6 is 11.6 Å². The first-order chi connectivity index (χ1) is 14.4. The van der Waals surface area contributed by atoms with Gasteiger partial charge in [0, 0.05) is 6.20 Å². The summed E-state index contributed by atoms with van der Waals surface area (Å²) >= 11 is 5.91. The zero-order chi connectivity index (χ0) is 21.5. The molecule has 1 amide bonds. The van der Waals surface area contributed by atoms with Crippen molar-refractivity contribution in [2.45, 2.75) is 19.6 Å². The number of nitrogens with one attached hydrogen (secondary N) is 1. The summed E-state index contributed by atoms with van der Waals surface area (Å²) in [6.07, 6.45) is 0.435. The lowest BCUT2D eigenvalue weighted by molar-refractivity contribution is -0.123. The maximum absolute atomic E-state index is 13.0. The smallest absolute Gasteiger partial charge is 0.339 e. The van der Waals surface area contributed by atoms with Crippen molar-refractivity contribution in [3.05, 3.63) is 89.0 Å². The Labute approximate surface area is 177 Å². The molecule has 30 heavy (non-hydrogen) atoms. The standard InChI is InChI=1S/C22H18ClFN2O4/c1-14(21(27)26-19-6-3-11-25-20(19)23)30-22(28)16-4-2-5-18(12-16)29-13-15-7-9-17(24)10-8-15/h2-12,14H,13H2,1H3,(H,26,27). The zero-order valence-electron chi connectivity index (χ0n) is 16.0. The van der Waals surface area contributed by atoms with Crippen molar-refractivity contribution in [1.82, 2.24) is 4.98 Å². The SMILES string of the molecule is CC(OC(=O)c1cccc(OCc2ccc(F)cc2)c1)C(=O)Nc1cccnc1Cl. The molecule has 0 bridgehead atoms. The summed E-state index contributed by atoms with van der Waals surface area (Å²) < 4.78 is 23.8. The minimum atomic E-state index is -1.06. The van der Waals surface area contributed by atoms with Crippen molar-refractivity contribution in [2.75, 3.05) is 5.32 Å². The second-order valence-corrected chi connectivity index (χ2v) is 6.68. The van der Waals surface area contributed by atoms with Gasteiger partial charge in [0.15, 0.2) is 11.3 Å². The number of ether oxygens (including phenoxy) is 2.